The Morgan fingerprint density at radius 2 is 1.84 bits per heavy atom. The predicted molar refractivity (Wildman–Crippen MR) is 71.2 cm³/mol. The molecule has 0 aromatic rings. The van der Waals surface area contributed by atoms with E-state index in [1.165, 1.54) is 13.8 Å². The van der Waals surface area contributed by atoms with Crippen LogP contribution < -0.4 is 10.0 Å². The smallest absolute Gasteiger partial charge is 0.326 e. The van der Waals surface area contributed by atoms with Crippen LogP contribution in [0.25, 0.3) is 0 Å². The Balaban J connectivity index is 4.75. The summed E-state index contributed by atoms with van der Waals surface area (Å²) in [4.78, 5) is 22.9. The van der Waals surface area contributed by atoms with Crippen LogP contribution >= 0.6 is 0 Å². The van der Waals surface area contributed by atoms with Crippen molar-refractivity contribution in [3.63, 3.8) is 0 Å². The largest absolute Gasteiger partial charge is 0.480 e. The summed E-state index contributed by atoms with van der Waals surface area (Å²) in [5, 5.41) is 11.3. The molecule has 0 spiro atoms. The molecule has 1 atom stereocenters. The van der Waals surface area contributed by atoms with Crippen molar-refractivity contribution in [2.24, 2.45) is 0 Å². The molecule has 0 heterocycles. The number of carbonyl (C=O) groups excluding carboxylic acids is 1. The zero-order valence-electron chi connectivity index (χ0n) is 11.7. The Morgan fingerprint density at radius 3 is 2.21 bits per heavy atom. The van der Waals surface area contributed by atoms with Crippen molar-refractivity contribution < 1.29 is 23.1 Å². The Hall–Kier alpha value is -1.15. The lowest BCUT2D eigenvalue weighted by atomic mass is 10.0. The maximum atomic E-state index is 11.9. The van der Waals surface area contributed by atoms with E-state index in [2.05, 4.69) is 10.0 Å². The number of hydrogen-bond acceptors (Lipinski definition) is 4. The van der Waals surface area contributed by atoms with Crippen molar-refractivity contribution in [3.8, 4) is 0 Å². The first-order chi connectivity index (χ1) is 8.49. The van der Waals surface area contributed by atoms with E-state index < -0.39 is 33.5 Å². The van der Waals surface area contributed by atoms with Gasteiger partial charge in [-0.3, -0.25) is 4.79 Å². The lowest BCUT2D eigenvalue weighted by Gasteiger charge is -2.26. The third kappa shape index (κ3) is 7.12. The Morgan fingerprint density at radius 1 is 1.32 bits per heavy atom. The molecule has 8 heteroatoms. The molecule has 0 bridgehead atoms. The molecule has 0 saturated heterocycles. The summed E-state index contributed by atoms with van der Waals surface area (Å²) in [5.41, 5.74) is -1.40. The summed E-state index contributed by atoms with van der Waals surface area (Å²) in [7, 11) is -3.56. The Labute approximate surface area is 113 Å². The van der Waals surface area contributed by atoms with Crippen LogP contribution in [0.4, 0.5) is 0 Å². The molecule has 0 aliphatic rings. The van der Waals surface area contributed by atoms with Crippen LogP contribution in [0.5, 0.6) is 0 Å². The van der Waals surface area contributed by atoms with E-state index in [0.29, 0.717) is 12.8 Å². The number of rotatable bonds is 8. The minimum atomic E-state index is -3.56. The summed E-state index contributed by atoms with van der Waals surface area (Å²) in [6.07, 6.45) is 2.72. The van der Waals surface area contributed by atoms with E-state index in [1.807, 2.05) is 6.92 Å². The topological polar surface area (TPSA) is 113 Å². The van der Waals surface area contributed by atoms with Crippen molar-refractivity contribution in [1.82, 2.24) is 10.0 Å². The number of sulfonamides is 1. The van der Waals surface area contributed by atoms with Crippen molar-refractivity contribution in [2.75, 3.05) is 6.26 Å². The molecule has 0 radical (unpaired) electrons. The van der Waals surface area contributed by atoms with Gasteiger partial charge in [-0.05, 0) is 20.3 Å². The van der Waals surface area contributed by atoms with Gasteiger partial charge in [-0.2, -0.15) is 0 Å². The molecular weight excluding hydrogens is 272 g/mol. The molecule has 3 N–H and O–H groups in total. The average molecular weight is 294 g/mol. The summed E-state index contributed by atoms with van der Waals surface area (Å²) in [6, 6.07) is -1.01. The molecule has 0 aliphatic carbocycles. The lowest BCUT2D eigenvalue weighted by Crippen LogP contribution is -2.57. The molecule has 0 aromatic carbocycles. The van der Waals surface area contributed by atoms with Gasteiger partial charge in [0.05, 0.1) is 6.26 Å². The molecular formula is C11H22N2O5S. The summed E-state index contributed by atoms with van der Waals surface area (Å²) in [5.74, 6) is -1.79. The number of carboxylic acids is 1. The van der Waals surface area contributed by atoms with Gasteiger partial charge >= 0.3 is 5.97 Å². The van der Waals surface area contributed by atoms with E-state index in [0.717, 1.165) is 12.7 Å². The van der Waals surface area contributed by atoms with E-state index in [9.17, 15) is 18.0 Å². The first-order valence-electron chi connectivity index (χ1n) is 6.02. The fourth-order valence-corrected chi connectivity index (χ4v) is 2.53. The van der Waals surface area contributed by atoms with Crippen LogP contribution in [0.3, 0.4) is 0 Å². The number of aliphatic carboxylic acids is 1. The standard InChI is InChI=1S/C11H22N2O5S/c1-5-6-7-8(9(14)15)12-10(16)11(2,3)13-19(4,17)18/h8,13H,5-7H2,1-4H3,(H,12,16)(H,14,15). The zero-order chi connectivity index (χ0) is 15.3. The molecule has 0 saturated carbocycles. The quantitative estimate of drug-likeness (QED) is 0.586. The number of hydrogen-bond donors (Lipinski definition) is 3. The minimum Gasteiger partial charge on any atom is -0.480 e. The fourth-order valence-electron chi connectivity index (χ4n) is 1.51. The molecule has 0 aliphatic heterocycles. The predicted octanol–water partition coefficient (Wildman–Crippen LogP) is 0.0738. The lowest BCUT2D eigenvalue weighted by molar-refractivity contribution is -0.142. The highest BCUT2D eigenvalue weighted by molar-refractivity contribution is 7.88. The fraction of sp³-hybridized carbons (Fsp3) is 0.818. The third-order valence-corrected chi connectivity index (χ3v) is 3.34. The zero-order valence-corrected chi connectivity index (χ0v) is 12.5. The number of unbranched alkanes of at least 4 members (excludes halogenated alkanes) is 1. The molecule has 7 nitrogen and oxygen atoms in total. The van der Waals surface area contributed by atoms with Crippen LogP contribution in [0.1, 0.15) is 40.0 Å². The van der Waals surface area contributed by atoms with E-state index in [4.69, 9.17) is 5.11 Å². The SMILES string of the molecule is CCCCC(NC(=O)C(C)(C)NS(C)(=O)=O)C(=O)O. The van der Waals surface area contributed by atoms with E-state index in [-0.39, 0.29) is 0 Å². The van der Waals surface area contributed by atoms with Gasteiger partial charge in [0.15, 0.2) is 0 Å². The number of amides is 1. The van der Waals surface area contributed by atoms with Gasteiger partial charge < -0.3 is 10.4 Å². The van der Waals surface area contributed by atoms with Gasteiger partial charge in [0.25, 0.3) is 0 Å². The molecule has 19 heavy (non-hydrogen) atoms. The molecule has 0 aromatic heterocycles. The van der Waals surface area contributed by atoms with E-state index in [1.54, 1.807) is 0 Å². The maximum absolute atomic E-state index is 11.9. The first-order valence-corrected chi connectivity index (χ1v) is 7.91. The van der Waals surface area contributed by atoms with Gasteiger partial charge in [0, 0.05) is 0 Å². The van der Waals surface area contributed by atoms with Crippen molar-refractivity contribution in [1.29, 1.82) is 0 Å². The monoisotopic (exact) mass is 294 g/mol. The number of carboxylic acid groups (broad SMARTS) is 1. The summed E-state index contributed by atoms with van der Waals surface area (Å²) >= 11 is 0. The van der Waals surface area contributed by atoms with Gasteiger partial charge in [-0.25, -0.2) is 17.9 Å². The second kappa shape index (κ2) is 6.85. The average Bonchev–Trinajstić information content (AvgIpc) is 2.19. The van der Waals surface area contributed by atoms with Crippen molar-refractivity contribution in [2.45, 2.75) is 51.6 Å². The van der Waals surface area contributed by atoms with Gasteiger partial charge in [-0.1, -0.05) is 19.8 Å². The molecule has 0 fully saturated rings. The van der Waals surface area contributed by atoms with Crippen LogP contribution in [0.2, 0.25) is 0 Å². The van der Waals surface area contributed by atoms with Gasteiger partial charge in [-0.15, -0.1) is 0 Å². The minimum absolute atomic E-state index is 0.312. The second-order valence-corrected chi connectivity index (χ2v) is 6.75. The highest BCUT2D eigenvalue weighted by atomic mass is 32.2. The first kappa shape index (κ1) is 17.8. The Kier molecular flexibility index (Phi) is 6.44. The van der Waals surface area contributed by atoms with Crippen LogP contribution in [0.15, 0.2) is 0 Å². The molecule has 112 valence electrons. The summed E-state index contributed by atoms with van der Waals surface area (Å²) in [6.45, 7) is 4.67. The number of carbonyl (C=O) groups is 2. The highest BCUT2D eigenvalue weighted by Gasteiger charge is 2.33. The normalized spacial score (nSPS) is 13.9. The second-order valence-electron chi connectivity index (χ2n) is 5.01. The van der Waals surface area contributed by atoms with Gasteiger partial charge in [0.1, 0.15) is 11.6 Å². The van der Waals surface area contributed by atoms with Crippen LogP contribution in [0, 0.1) is 0 Å². The highest BCUT2D eigenvalue weighted by Crippen LogP contribution is 2.07. The summed E-state index contributed by atoms with van der Waals surface area (Å²) < 4.78 is 24.4. The maximum Gasteiger partial charge on any atom is 0.326 e. The molecule has 1 unspecified atom stereocenters. The van der Waals surface area contributed by atoms with Crippen LogP contribution in [-0.2, 0) is 19.6 Å². The number of nitrogens with one attached hydrogen (secondary N) is 2. The van der Waals surface area contributed by atoms with Gasteiger partial charge in [0.2, 0.25) is 15.9 Å². The van der Waals surface area contributed by atoms with E-state index >= 15 is 0 Å². The third-order valence-electron chi connectivity index (χ3n) is 2.46. The Bertz CT molecular complexity index is 430. The molecule has 0 rings (SSSR count). The van der Waals surface area contributed by atoms with Crippen molar-refractivity contribution in [3.05, 3.63) is 0 Å². The van der Waals surface area contributed by atoms with Crippen molar-refractivity contribution >= 4 is 21.9 Å². The molecule has 1 amide bonds. The van der Waals surface area contributed by atoms with Crippen LogP contribution in [-0.4, -0.2) is 43.2 Å².